The highest BCUT2D eigenvalue weighted by atomic mass is 35.5. The molecule has 7 rings (SSSR count). The second-order valence-electron chi connectivity index (χ2n) is 19.5. The van der Waals surface area contributed by atoms with E-state index in [1.54, 1.807) is 74.5 Å². The molecule has 428 valence electrons. The standard InChI is InChI=1S/C55H71ClF3N11O8S/c1-38(2)79(73,74)50-15-6-5-12-47(50)66-52-44(56)34-63-54(67-52)65-41-10-9-23-69(35-41)36-51(71)61-21-26-76-28-30-78-31-29-77-27-22-62-53(72)39-16-17-46(49(32-39)75-4)60-20-8-11-42-33-43-45(64-40-18-24-68(3)25-19-40)13-7-14-48(43)70(42)37-55(57,58)59/h5-7,12-17,32-34,38,40-41,60,64H,9-10,18-31,35-37H2,1-4H3,(H,61,71)(H,62,72)(H2,63,65,66,67)/t41-/m1/s1. The number of rotatable bonds is 27. The van der Waals surface area contributed by atoms with Crippen LogP contribution in [0, 0.1) is 11.8 Å². The Morgan fingerprint density at radius 1 is 0.848 bits per heavy atom. The monoisotopic (exact) mass is 1140 g/mol. The largest absolute Gasteiger partial charge is 0.495 e. The summed E-state index contributed by atoms with van der Waals surface area (Å²) in [4.78, 5) is 39.0. The maximum atomic E-state index is 13.8. The number of amides is 2. The molecule has 4 heterocycles. The summed E-state index contributed by atoms with van der Waals surface area (Å²) in [5, 5.41) is 19.1. The van der Waals surface area contributed by atoms with E-state index < -0.39 is 27.8 Å². The molecular weight excluding hydrogens is 1070 g/mol. The van der Waals surface area contributed by atoms with E-state index in [0.717, 1.165) is 51.0 Å². The summed E-state index contributed by atoms with van der Waals surface area (Å²) in [5.41, 5.74) is 2.79. The van der Waals surface area contributed by atoms with Crippen molar-refractivity contribution in [1.29, 1.82) is 0 Å². The minimum Gasteiger partial charge on any atom is -0.495 e. The number of fused-ring (bicyclic) bond motifs is 1. The number of nitrogens with one attached hydrogen (secondary N) is 6. The van der Waals surface area contributed by atoms with Gasteiger partial charge in [-0.3, -0.25) is 14.5 Å². The first-order valence-corrected chi connectivity index (χ1v) is 28.3. The van der Waals surface area contributed by atoms with Gasteiger partial charge < -0.3 is 60.3 Å². The molecular formula is C55H71ClF3N11O8S. The molecule has 2 saturated heterocycles. The zero-order valence-electron chi connectivity index (χ0n) is 45.0. The van der Waals surface area contributed by atoms with Gasteiger partial charge in [-0.2, -0.15) is 18.2 Å². The summed E-state index contributed by atoms with van der Waals surface area (Å²) in [6.45, 7) is 8.13. The summed E-state index contributed by atoms with van der Waals surface area (Å²) < 4.78 is 90.8. The number of alkyl halides is 3. The van der Waals surface area contributed by atoms with Gasteiger partial charge in [0.2, 0.25) is 11.9 Å². The molecule has 3 aromatic carbocycles. The van der Waals surface area contributed by atoms with Crippen molar-refractivity contribution in [3.05, 3.63) is 89.2 Å². The van der Waals surface area contributed by atoms with Gasteiger partial charge in [0.25, 0.3) is 5.91 Å². The number of ether oxygens (including phenoxy) is 4. The zero-order valence-corrected chi connectivity index (χ0v) is 46.6. The average molecular weight is 1140 g/mol. The molecule has 6 N–H and O–H groups in total. The number of hydrogen-bond donors (Lipinski definition) is 6. The topological polar surface area (TPSA) is 215 Å². The maximum absolute atomic E-state index is 13.8. The van der Waals surface area contributed by atoms with Gasteiger partial charge in [0.15, 0.2) is 15.7 Å². The smallest absolute Gasteiger partial charge is 0.406 e. The van der Waals surface area contributed by atoms with Gasteiger partial charge in [-0.1, -0.05) is 35.7 Å². The van der Waals surface area contributed by atoms with Gasteiger partial charge in [-0.25, -0.2) is 13.4 Å². The predicted octanol–water partition coefficient (Wildman–Crippen LogP) is 7.02. The van der Waals surface area contributed by atoms with Crippen molar-refractivity contribution in [2.45, 2.75) is 74.5 Å². The number of para-hydroxylation sites is 1. The third-order valence-corrected chi connectivity index (χ3v) is 15.8. The molecule has 0 aliphatic carbocycles. The Hall–Kier alpha value is -6.39. The number of aromatic nitrogens is 3. The molecule has 5 aromatic rings. The average Bonchev–Trinajstić information content (AvgIpc) is 3.99. The summed E-state index contributed by atoms with van der Waals surface area (Å²) in [5.74, 6) is 6.44. The van der Waals surface area contributed by atoms with Crippen LogP contribution in [0.4, 0.5) is 42.0 Å². The van der Waals surface area contributed by atoms with E-state index in [1.807, 2.05) is 6.07 Å². The van der Waals surface area contributed by atoms with Gasteiger partial charge in [0.1, 0.15) is 17.3 Å². The van der Waals surface area contributed by atoms with E-state index in [0.29, 0.717) is 85.7 Å². The number of carbonyl (C=O) groups is 2. The number of likely N-dealkylation sites (tertiary alicyclic amines) is 2. The molecule has 0 radical (unpaired) electrons. The van der Waals surface area contributed by atoms with Gasteiger partial charge in [-0.15, -0.1) is 0 Å². The van der Waals surface area contributed by atoms with Crippen molar-refractivity contribution in [3.8, 4) is 17.6 Å². The van der Waals surface area contributed by atoms with Crippen LogP contribution in [-0.2, 0) is 35.4 Å². The zero-order chi connectivity index (χ0) is 56.4. The number of methoxy groups -OCH3 is 1. The van der Waals surface area contributed by atoms with Crippen LogP contribution >= 0.6 is 11.6 Å². The predicted molar refractivity (Wildman–Crippen MR) is 300 cm³/mol. The first-order valence-electron chi connectivity index (χ1n) is 26.4. The lowest BCUT2D eigenvalue weighted by Gasteiger charge is -2.32. The van der Waals surface area contributed by atoms with Gasteiger partial charge in [0, 0.05) is 48.4 Å². The second-order valence-corrected chi connectivity index (χ2v) is 22.4. The molecule has 2 aliphatic rings. The Morgan fingerprint density at radius 2 is 1.56 bits per heavy atom. The Labute approximate surface area is 464 Å². The van der Waals surface area contributed by atoms with E-state index in [2.05, 4.69) is 70.6 Å². The summed E-state index contributed by atoms with van der Waals surface area (Å²) in [6.07, 6.45) is 0.601. The Balaban J connectivity index is 0.734. The van der Waals surface area contributed by atoms with Crippen LogP contribution in [0.5, 0.6) is 5.75 Å². The van der Waals surface area contributed by atoms with Crippen LogP contribution in [0.3, 0.4) is 0 Å². The highest BCUT2D eigenvalue weighted by molar-refractivity contribution is 7.92. The fourth-order valence-electron chi connectivity index (χ4n) is 9.11. The molecule has 24 heteroatoms. The van der Waals surface area contributed by atoms with E-state index in [-0.39, 0.29) is 71.6 Å². The third kappa shape index (κ3) is 18.1. The fourth-order valence-corrected chi connectivity index (χ4v) is 10.5. The Kier molecular flexibility index (Phi) is 22.3. The number of nitrogens with zero attached hydrogens (tertiary/aromatic N) is 5. The first kappa shape index (κ1) is 60.3. The molecule has 0 spiro atoms. The molecule has 2 amide bonds. The molecule has 0 saturated carbocycles. The number of anilines is 5. The van der Waals surface area contributed by atoms with Crippen LogP contribution in [0.15, 0.2) is 77.8 Å². The molecule has 2 aromatic heterocycles. The third-order valence-electron chi connectivity index (χ3n) is 13.3. The van der Waals surface area contributed by atoms with E-state index in [4.69, 9.17) is 30.5 Å². The summed E-state index contributed by atoms with van der Waals surface area (Å²) >= 11 is 6.42. The van der Waals surface area contributed by atoms with Crippen molar-refractivity contribution < 1.29 is 50.1 Å². The first-order chi connectivity index (χ1) is 38.0. The van der Waals surface area contributed by atoms with Crippen LogP contribution in [0.2, 0.25) is 5.02 Å². The molecule has 2 fully saturated rings. The van der Waals surface area contributed by atoms with Gasteiger partial charge >= 0.3 is 6.18 Å². The Morgan fingerprint density at radius 3 is 2.28 bits per heavy atom. The Bertz CT molecular complexity index is 3000. The quantitative estimate of drug-likeness (QED) is 0.0230. The van der Waals surface area contributed by atoms with Crippen LogP contribution in [0.1, 0.15) is 55.6 Å². The van der Waals surface area contributed by atoms with Gasteiger partial charge in [0.05, 0.1) is 98.8 Å². The lowest BCUT2D eigenvalue weighted by molar-refractivity contribution is -0.140. The molecule has 1 atom stereocenters. The lowest BCUT2D eigenvalue weighted by Crippen LogP contribution is -2.47. The molecule has 79 heavy (non-hydrogen) atoms. The molecule has 2 aliphatic heterocycles. The lowest BCUT2D eigenvalue weighted by atomic mass is 10.0. The molecule has 0 unspecified atom stereocenters. The highest BCUT2D eigenvalue weighted by Crippen LogP contribution is 2.33. The SMILES string of the molecule is COc1cc(C(=O)NCCOCCOCCOCCNC(=O)CN2CCC[C@@H](Nc3ncc(Cl)c(Nc4ccccc4S(=O)(=O)C(C)C)n3)C2)ccc1NCC#Cc1cc2c(NC3CCN(C)CC3)cccc2n1CC(F)(F)F. The van der Waals surface area contributed by atoms with Crippen molar-refractivity contribution in [2.24, 2.45) is 0 Å². The van der Waals surface area contributed by atoms with Crippen molar-refractivity contribution >= 4 is 73.0 Å². The minimum absolute atomic E-state index is 0.0338. The molecule has 19 nitrogen and oxygen atoms in total. The number of benzene rings is 3. The number of sulfone groups is 1. The van der Waals surface area contributed by atoms with Crippen LogP contribution in [0.25, 0.3) is 10.9 Å². The van der Waals surface area contributed by atoms with E-state index in [9.17, 15) is 31.2 Å². The number of piperidine rings is 2. The second kappa shape index (κ2) is 29.2. The number of halogens is 4. The fraction of sp³-hybridized carbons (Fsp3) is 0.491. The summed E-state index contributed by atoms with van der Waals surface area (Å²) in [6, 6.07) is 18.8. The maximum Gasteiger partial charge on any atom is 0.406 e. The van der Waals surface area contributed by atoms with E-state index >= 15 is 0 Å². The van der Waals surface area contributed by atoms with Crippen LogP contribution < -0.4 is 36.6 Å². The van der Waals surface area contributed by atoms with Gasteiger partial charge in [-0.05, 0) is 121 Å². The van der Waals surface area contributed by atoms with Crippen LogP contribution in [-0.4, -0.2) is 174 Å². The van der Waals surface area contributed by atoms with Crippen molar-refractivity contribution in [3.63, 3.8) is 0 Å². The highest BCUT2D eigenvalue weighted by Gasteiger charge is 2.31. The van der Waals surface area contributed by atoms with E-state index in [1.165, 1.54) is 17.9 Å². The number of hydrogen-bond acceptors (Lipinski definition) is 16. The number of carbonyl (C=O) groups excluding carboxylic acids is 2. The normalized spacial score (nSPS) is 15.6. The van der Waals surface area contributed by atoms with Crippen molar-refractivity contribution in [1.82, 2.24) is 35.0 Å². The molecule has 0 bridgehead atoms. The van der Waals surface area contributed by atoms with Crippen molar-refractivity contribution in [2.75, 3.05) is 127 Å². The summed E-state index contributed by atoms with van der Waals surface area (Å²) in [7, 11) is -0.0188. The minimum atomic E-state index is -4.44.